The number of hydrogen-bond donors (Lipinski definition) is 7. The fourth-order valence-corrected chi connectivity index (χ4v) is 2.69. The van der Waals surface area contributed by atoms with Crippen LogP contribution in [0.5, 0.6) is 5.75 Å². The number of aromatic hydroxyl groups is 1. The molecule has 8 nitrogen and oxygen atoms in total. The van der Waals surface area contributed by atoms with Crippen molar-refractivity contribution in [2.45, 2.75) is 30.7 Å². The summed E-state index contributed by atoms with van der Waals surface area (Å²) in [4.78, 5) is 2.90. The summed E-state index contributed by atoms with van der Waals surface area (Å²) < 4.78 is 5.36. The number of aliphatic hydroxyl groups is 5. The van der Waals surface area contributed by atoms with E-state index in [1.807, 2.05) is 0 Å². The van der Waals surface area contributed by atoms with E-state index >= 15 is 0 Å². The predicted octanol–water partition coefficient (Wildman–Crippen LogP) is 0.0680. The van der Waals surface area contributed by atoms with Crippen molar-refractivity contribution in [1.29, 1.82) is 0 Å². The molecule has 7 N–H and O–H groups in total. The molecule has 2 heterocycles. The first-order valence-electron chi connectivity index (χ1n) is 6.90. The Bertz CT molecular complexity index is 692. The summed E-state index contributed by atoms with van der Waals surface area (Å²) in [6.45, 7) is -0.526. The SMILES string of the molecule is OC[C@H]1O[C@H](O)[C@@H](O)[C@@H](O)[C@@H]1O.Oc1c[nH]c2cc(Cl)c(Br)cc12. The number of hydrogen-bond acceptors (Lipinski definition) is 7. The minimum Gasteiger partial charge on any atom is -0.506 e. The molecule has 5 atom stereocenters. The summed E-state index contributed by atoms with van der Waals surface area (Å²) in [5.41, 5.74) is 0.834. The third-order valence-corrected chi connectivity index (χ3v) is 4.76. The zero-order valence-corrected chi connectivity index (χ0v) is 14.5. The standard InChI is InChI=1S/C8H5BrClNO.C6H12O6/c9-5-1-4-7(2-6(5)10)11-3-8(4)12;7-1-2-3(8)4(9)5(10)6(11)12-2/h1-3,11-12H;2-11H,1H2/t;2-,3-,4+,5+,6+/m.1/s1. The van der Waals surface area contributed by atoms with Crippen molar-refractivity contribution in [3.8, 4) is 5.75 Å². The number of nitrogens with one attached hydrogen (secondary N) is 1. The Morgan fingerprint density at radius 1 is 1.12 bits per heavy atom. The first-order valence-corrected chi connectivity index (χ1v) is 8.07. The minimum atomic E-state index is -1.57. The minimum absolute atomic E-state index is 0.238. The van der Waals surface area contributed by atoms with Crippen LogP contribution >= 0.6 is 27.5 Å². The van der Waals surface area contributed by atoms with Gasteiger partial charge in [0.1, 0.15) is 30.2 Å². The highest BCUT2D eigenvalue weighted by Crippen LogP contribution is 2.32. The summed E-state index contributed by atoms with van der Waals surface area (Å²) in [5, 5.41) is 55.4. The van der Waals surface area contributed by atoms with Crippen molar-refractivity contribution >= 4 is 38.4 Å². The average molecular weight is 427 g/mol. The first-order chi connectivity index (χ1) is 11.3. The third kappa shape index (κ3) is 4.01. The molecule has 0 aliphatic carbocycles. The molecule has 134 valence electrons. The fraction of sp³-hybridized carbons (Fsp3) is 0.429. The summed E-state index contributed by atoms with van der Waals surface area (Å²) in [5.74, 6) is 0.238. The molecule has 1 fully saturated rings. The Morgan fingerprint density at radius 3 is 2.42 bits per heavy atom. The van der Waals surface area contributed by atoms with Gasteiger partial charge in [0.15, 0.2) is 6.29 Å². The maximum Gasteiger partial charge on any atom is 0.184 e. The molecule has 0 spiro atoms. The van der Waals surface area contributed by atoms with Gasteiger partial charge in [-0.2, -0.15) is 0 Å². The van der Waals surface area contributed by atoms with Crippen LogP contribution in [-0.4, -0.2) is 72.9 Å². The molecule has 1 aliphatic rings. The van der Waals surface area contributed by atoms with Crippen LogP contribution in [0.3, 0.4) is 0 Å². The number of H-pyrrole nitrogens is 1. The number of ether oxygens (including phenoxy) is 1. The van der Waals surface area contributed by atoms with E-state index in [-0.39, 0.29) is 5.75 Å². The monoisotopic (exact) mass is 425 g/mol. The van der Waals surface area contributed by atoms with Crippen molar-refractivity contribution < 1.29 is 35.4 Å². The highest BCUT2D eigenvalue weighted by Gasteiger charge is 2.42. The van der Waals surface area contributed by atoms with Crippen LogP contribution in [0.1, 0.15) is 0 Å². The van der Waals surface area contributed by atoms with Gasteiger partial charge >= 0.3 is 0 Å². The molecule has 1 aliphatic heterocycles. The van der Waals surface area contributed by atoms with Crippen LogP contribution in [0.25, 0.3) is 10.9 Å². The Hall–Kier alpha value is -0.910. The highest BCUT2D eigenvalue weighted by molar-refractivity contribution is 9.10. The van der Waals surface area contributed by atoms with Crippen molar-refractivity contribution in [3.05, 3.63) is 27.8 Å². The van der Waals surface area contributed by atoms with Crippen LogP contribution in [0, 0.1) is 0 Å². The van der Waals surface area contributed by atoms with Gasteiger partial charge in [-0.1, -0.05) is 11.6 Å². The second-order valence-corrected chi connectivity index (χ2v) is 6.47. The van der Waals surface area contributed by atoms with Gasteiger partial charge in [0, 0.05) is 16.1 Å². The van der Waals surface area contributed by atoms with Gasteiger partial charge in [-0.25, -0.2) is 0 Å². The maximum absolute atomic E-state index is 9.33. The van der Waals surface area contributed by atoms with Gasteiger partial charge in [-0.15, -0.1) is 0 Å². The number of halogens is 2. The lowest BCUT2D eigenvalue weighted by molar-refractivity contribution is -0.286. The Morgan fingerprint density at radius 2 is 1.79 bits per heavy atom. The lowest BCUT2D eigenvalue weighted by Crippen LogP contribution is -2.58. The summed E-state index contributed by atoms with van der Waals surface area (Å²) in [7, 11) is 0. The molecule has 2 aromatic rings. The highest BCUT2D eigenvalue weighted by atomic mass is 79.9. The van der Waals surface area contributed by atoms with Gasteiger partial charge in [-0.3, -0.25) is 0 Å². The molecule has 1 aromatic heterocycles. The van der Waals surface area contributed by atoms with Crippen molar-refractivity contribution in [3.63, 3.8) is 0 Å². The van der Waals surface area contributed by atoms with Gasteiger partial charge in [-0.05, 0) is 28.1 Å². The topological polar surface area (TPSA) is 146 Å². The number of aromatic nitrogens is 1. The summed E-state index contributed by atoms with van der Waals surface area (Å²) in [6.07, 6.45) is -5.51. The van der Waals surface area contributed by atoms with Crippen LogP contribution in [0.2, 0.25) is 5.02 Å². The van der Waals surface area contributed by atoms with E-state index in [9.17, 15) is 5.11 Å². The fourth-order valence-electron chi connectivity index (χ4n) is 2.18. The lowest BCUT2D eigenvalue weighted by atomic mass is 10.00. The van der Waals surface area contributed by atoms with Gasteiger partial charge in [0.25, 0.3) is 0 Å². The molecule has 3 rings (SSSR count). The van der Waals surface area contributed by atoms with E-state index in [1.54, 1.807) is 12.1 Å². The maximum atomic E-state index is 9.33. The van der Waals surface area contributed by atoms with Crippen LogP contribution in [0.15, 0.2) is 22.8 Å². The Kier molecular flexibility index (Phi) is 6.46. The molecule has 0 radical (unpaired) electrons. The van der Waals surface area contributed by atoms with E-state index in [1.165, 1.54) is 6.20 Å². The number of aliphatic hydroxyl groups excluding tert-OH is 5. The van der Waals surface area contributed by atoms with E-state index in [2.05, 4.69) is 25.7 Å². The predicted molar refractivity (Wildman–Crippen MR) is 88.7 cm³/mol. The molecule has 0 amide bonds. The molecule has 0 unspecified atom stereocenters. The van der Waals surface area contributed by atoms with E-state index < -0.39 is 37.3 Å². The smallest absolute Gasteiger partial charge is 0.184 e. The second-order valence-electron chi connectivity index (χ2n) is 5.21. The van der Waals surface area contributed by atoms with Crippen LogP contribution in [-0.2, 0) is 4.74 Å². The number of aromatic amines is 1. The zero-order chi connectivity index (χ0) is 18.0. The van der Waals surface area contributed by atoms with Crippen molar-refractivity contribution in [1.82, 2.24) is 4.98 Å². The van der Waals surface area contributed by atoms with Crippen LogP contribution < -0.4 is 0 Å². The van der Waals surface area contributed by atoms with Gasteiger partial charge < -0.3 is 40.4 Å². The lowest BCUT2D eigenvalue weighted by Gasteiger charge is -2.37. The summed E-state index contributed by atoms with van der Waals surface area (Å²) >= 11 is 9.13. The van der Waals surface area contributed by atoms with E-state index in [0.717, 1.165) is 15.4 Å². The third-order valence-electron chi connectivity index (χ3n) is 3.57. The molecule has 24 heavy (non-hydrogen) atoms. The second kappa shape index (κ2) is 7.98. The molecule has 1 saturated heterocycles. The number of benzene rings is 1. The number of fused-ring (bicyclic) bond motifs is 1. The van der Waals surface area contributed by atoms with Gasteiger partial charge in [0.2, 0.25) is 0 Å². The Labute approximate surface area is 150 Å². The van der Waals surface area contributed by atoms with Crippen molar-refractivity contribution in [2.24, 2.45) is 0 Å². The molecule has 1 aromatic carbocycles. The largest absolute Gasteiger partial charge is 0.506 e. The molecule has 10 heteroatoms. The number of rotatable bonds is 1. The zero-order valence-electron chi connectivity index (χ0n) is 12.2. The molecule has 0 saturated carbocycles. The van der Waals surface area contributed by atoms with Gasteiger partial charge in [0.05, 0.1) is 17.1 Å². The quantitative estimate of drug-likeness (QED) is 0.341. The van der Waals surface area contributed by atoms with E-state index in [4.69, 9.17) is 37.1 Å². The molecular weight excluding hydrogens is 410 g/mol. The first kappa shape index (κ1) is 19.4. The average Bonchev–Trinajstić information content (AvgIpc) is 2.90. The Balaban J connectivity index is 0.000000174. The molecule has 0 bridgehead atoms. The normalized spacial score (nSPS) is 30.0. The van der Waals surface area contributed by atoms with E-state index in [0.29, 0.717) is 5.02 Å². The molecular formula is C14H17BrClNO7. The van der Waals surface area contributed by atoms with Crippen molar-refractivity contribution in [2.75, 3.05) is 6.61 Å². The summed E-state index contributed by atoms with van der Waals surface area (Å²) in [6, 6.07) is 3.55. The van der Waals surface area contributed by atoms with Crippen LogP contribution in [0.4, 0.5) is 0 Å².